The molecule has 1 aromatic carbocycles. The second-order valence-electron chi connectivity index (χ2n) is 4.70. The first-order valence-electron chi connectivity index (χ1n) is 6.08. The number of pyridine rings is 1. The summed E-state index contributed by atoms with van der Waals surface area (Å²) in [6, 6.07) is 8.25. The van der Waals surface area contributed by atoms with Gasteiger partial charge in [0.1, 0.15) is 5.82 Å². The van der Waals surface area contributed by atoms with Crippen LogP contribution < -0.4 is 4.90 Å². The third-order valence-electron chi connectivity index (χ3n) is 2.99. The van der Waals surface area contributed by atoms with Gasteiger partial charge in [-0.3, -0.25) is 0 Å². The van der Waals surface area contributed by atoms with Crippen LogP contribution in [-0.4, -0.2) is 17.1 Å². The van der Waals surface area contributed by atoms with Gasteiger partial charge in [0.25, 0.3) is 0 Å². The Bertz CT molecular complexity index is 578. The minimum absolute atomic E-state index is 0.0308. The minimum atomic E-state index is -0.0308. The number of hydrogen-bond acceptors (Lipinski definition) is 3. The topological polar surface area (TPSA) is 36.4 Å². The van der Waals surface area contributed by atoms with Gasteiger partial charge in [0.2, 0.25) is 0 Å². The van der Waals surface area contributed by atoms with Gasteiger partial charge in [-0.1, -0.05) is 6.07 Å². The molecule has 4 heteroatoms. The highest BCUT2D eigenvalue weighted by molar-refractivity contribution is 9.10. The minimum Gasteiger partial charge on any atom is -0.392 e. The Kier molecular flexibility index (Phi) is 4.22. The van der Waals surface area contributed by atoms with Gasteiger partial charge in [-0.05, 0) is 59.1 Å². The molecule has 19 heavy (non-hydrogen) atoms. The molecule has 0 aliphatic rings. The first-order chi connectivity index (χ1) is 9.01. The van der Waals surface area contributed by atoms with Crippen LogP contribution in [0.5, 0.6) is 0 Å². The van der Waals surface area contributed by atoms with Crippen molar-refractivity contribution in [2.24, 2.45) is 0 Å². The molecule has 0 saturated carbocycles. The number of anilines is 2. The fourth-order valence-electron chi connectivity index (χ4n) is 2.16. The van der Waals surface area contributed by atoms with Crippen molar-refractivity contribution >= 4 is 27.4 Å². The molecule has 0 saturated heterocycles. The molecule has 0 radical (unpaired) electrons. The molecule has 2 rings (SSSR count). The van der Waals surface area contributed by atoms with E-state index in [2.05, 4.69) is 53.0 Å². The molecule has 100 valence electrons. The maximum atomic E-state index is 9.46. The van der Waals surface area contributed by atoms with E-state index in [1.807, 2.05) is 18.0 Å². The van der Waals surface area contributed by atoms with Gasteiger partial charge in [-0.2, -0.15) is 0 Å². The van der Waals surface area contributed by atoms with E-state index >= 15 is 0 Å². The monoisotopic (exact) mass is 320 g/mol. The molecular formula is C15H17BrN2O. The summed E-state index contributed by atoms with van der Waals surface area (Å²) < 4.78 is 0.870. The lowest BCUT2D eigenvalue weighted by molar-refractivity contribution is 0.282. The van der Waals surface area contributed by atoms with Gasteiger partial charge < -0.3 is 10.0 Å². The Labute approximate surface area is 122 Å². The lowest BCUT2D eigenvalue weighted by Crippen LogP contribution is -2.14. The lowest BCUT2D eigenvalue weighted by atomic mass is 10.1. The van der Waals surface area contributed by atoms with E-state index in [1.165, 1.54) is 11.1 Å². The summed E-state index contributed by atoms with van der Waals surface area (Å²) in [7, 11) is 1.96. The summed E-state index contributed by atoms with van der Waals surface area (Å²) in [4.78, 5) is 6.40. The molecule has 1 N–H and O–H groups in total. The molecule has 1 aromatic heterocycles. The van der Waals surface area contributed by atoms with E-state index in [0.717, 1.165) is 21.5 Å². The Hall–Kier alpha value is -1.39. The zero-order valence-corrected chi connectivity index (χ0v) is 12.9. The van der Waals surface area contributed by atoms with Crippen molar-refractivity contribution in [3.8, 4) is 0 Å². The number of aliphatic hydroxyl groups excluding tert-OH is 1. The maximum Gasteiger partial charge on any atom is 0.138 e. The van der Waals surface area contributed by atoms with E-state index in [-0.39, 0.29) is 6.61 Å². The molecule has 0 aliphatic carbocycles. The first kappa shape index (κ1) is 14.0. The molecule has 1 heterocycles. The van der Waals surface area contributed by atoms with Crippen LogP contribution in [0.25, 0.3) is 0 Å². The Morgan fingerprint density at radius 2 is 1.79 bits per heavy atom. The lowest BCUT2D eigenvalue weighted by Gasteiger charge is -2.22. The number of halogens is 1. The summed E-state index contributed by atoms with van der Waals surface area (Å²) >= 11 is 3.37. The molecular weight excluding hydrogens is 304 g/mol. The molecule has 0 unspecified atom stereocenters. The third-order valence-corrected chi connectivity index (χ3v) is 3.42. The zero-order chi connectivity index (χ0) is 14.0. The van der Waals surface area contributed by atoms with Crippen molar-refractivity contribution in [1.29, 1.82) is 0 Å². The summed E-state index contributed by atoms with van der Waals surface area (Å²) in [6.45, 7) is 4.12. The molecule has 0 fully saturated rings. The number of rotatable bonds is 3. The van der Waals surface area contributed by atoms with Gasteiger partial charge in [0.15, 0.2) is 0 Å². The van der Waals surface area contributed by atoms with Gasteiger partial charge >= 0.3 is 0 Å². The average molecular weight is 321 g/mol. The van der Waals surface area contributed by atoms with Crippen molar-refractivity contribution in [2.45, 2.75) is 20.5 Å². The van der Waals surface area contributed by atoms with Gasteiger partial charge in [0.05, 0.1) is 6.61 Å². The van der Waals surface area contributed by atoms with Crippen LogP contribution in [0.1, 0.15) is 16.7 Å². The molecule has 0 atom stereocenters. The standard InChI is InChI=1S/C15H17BrN2O/c1-10-4-11(2)6-14(5-10)18(3)15-12(9-19)7-13(16)8-17-15/h4-8,19H,9H2,1-3H3. The Morgan fingerprint density at radius 3 is 2.37 bits per heavy atom. The van der Waals surface area contributed by atoms with Gasteiger partial charge in [-0.15, -0.1) is 0 Å². The van der Waals surface area contributed by atoms with E-state index in [1.54, 1.807) is 6.20 Å². The molecule has 0 aliphatic heterocycles. The van der Waals surface area contributed by atoms with Gasteiger partial charge in [0, 0.05) is 29.0 Å². The highest BCUT2D eigenvalue weighted by Crippen LogP contribution is 2.28. The summed E-state index contributed by atoms with van der Waals surface area (Å²) in [5.74, 6) is 0.774. The highest BCUT2D eigenvalue weighted by atomic mass is 79.9. The molecule has 2 aromatic rings. The SMILES string of the molecule is Cc1cc(C)cc(N(C)c2ncc(Br)cc2CO)c1. The predicted molar refractivity (Wildman–Crippen MR) is 81.8 cm³/mol. The highest BCUT2D eigenvalue weighted by Gasteiger charge is 2.11. The number of nitrogens with zero attached hydrogens (tertiary/aromatic N) is 2. The smallest absolute Gasteiger partial charge is 0.138 e. The molecule has 3 nitrogen and oxygen atoms in total. The second kappa shape index (κ2) is 5.72. The van der Waals surface area contributed by atoms with Crippen LogP contribution in [0, 0.1) is 13.8 Å². The van der Waals surface area contributed by atoms with Crippen LogP contribution in [0.4, 0.5) is 11.5 Å². The van der Waals surface area contributed by atoms with Crippen molar-refractivity contribution in [1.82, 2.24) is 4.98 Å². The molecule has 0 amide bonds. The van der Waals surface area contributed by atoms with E-state index in [9.17, 15) is 5.11 Å². The van der Waals surface area contributed by atoms with Crippen molar-refractivity contribution in [2.75, 3.05) is 11.9 Å². The van der Waals surface area contributed by atoms with Crippen LogP contribution in [0.3, 0.4) is 0 Å². The van der Waals surface area contributed by atoms with E-state index < -0.39 is 0 Å². The van der Waals surface area contributed by atoms with Gasteiger partial charge in [-0.25, -0.2) is 4.98 Å². The van der Waals surface area contributed by atoms with Crippen molar-refractivity contribution in [3.05, 3.63) is 51.6 Å². The second-order valence-corrected chi connectivity index (χ2v) is 5.61. The fraction of sp³-hybridized carbons (Fsp3) is 0.267. The number of aliphatic hydroxyl groups is 1. The van der Waals surface area contributed by atoms with Crippen LogP contribution in [0.2, 0.25) is 0 Å². The van der Waals surface area contributed by atoms with E-state index in [4.69, 9.17) is 0 Å². The Balaban J connectivity index is 2.46. The van der Waals surface area contributed by atoms with Crippen LogP contribution in [-0.2, 0) is 6.61 Å². The molecule has 0 bridgehead atoms. The predicted octanol–water partition coefficient (Wildman–Crippen LogP) is 3.72. The number of benzene rings is 1. The largest absolute Gasteiger partial charge is 0.392 e. The van der Waals surface area contributed by atoms with E-state index in [0.29, 0.717) is 0 Å². The number of aryl methyl sites for hydroxylation is 2. The van der Waals surface area contributed by atoms with Crippen LogP contribution in [0.15, 0.2) is 34.9 Å². The molecule has 0 spiro atoms. The summed E-state index contributed by atoms with van der Waals surface area (Å²) in [5.41, 5.74) is 4.30. The van der Waals surface area contributed by atoms with Crippen molar-refractivity contribution < 1.29 is 5.11 Å². The summed E-state index contributed by atoms with van der Waals surface area (Å²) in [5, 5.41) is 9.46. The normalized spacial score (nSPS) is 10.6. The maximum absolute atomic E-state index is 9.46. The first-order valence-corrected chi connectivity index (χ1v) is 6.88. The Morgan fingerprint density at radius 1 is 1.16 bits per heavy atom. The summed E-state index contributed by atoms with van der Waals surface area (Å²) in [6.07, 6.45) is 1.74. The van der Waals surface area contributed by atoms with Crippen molar-refractivity contribution in [3.63, 3.8) is 0 Å². The fourth-order valence-corrected chi connectivity index (χ4v) is 2.54. The third kappa shape index (κ3) is 3.14. The number of aromatic nitrogens is 1. The quantitative estimate of drug-likeness (QED) is 0.936. The van der Waals surface area contributed by atoms with Crippen LogP contribution >= 0.6 is 15.9 Å². The average Bonchev–Trinajstić information content (AvgIpc) is 2.36. The zero-order valence-electron chi connectivity index (χ0n) is 11.3. The number of hydrogen-bond donors (Lipinski definition) is 1.